The van der Waals surface area contributed by atoms with Crippen LogP contribution in [0.15, 0.2) is 24.3 Å². The maximum Gasteiger partial charge on any atom is 0.230 e. The van der Waals surface area contributed by atoms with Crippen LogP contribution in [-0.2, 0) is 4.74 Å². The van der Waals surface area contributed by atoms with Crippen LogP contribution in [0, 0.1) is 12.7 Å². The molecule has 1 N–H and O–H groups in total. The number of aromatic nitrogens is 6. The number of hydrogen-bond acceptors (Lipinski definition) is 8. The summed E-state index contributed by atoms with van der Waals surface area (Å²) in [4.78, 5) is 21.3. The third-order valence-corrected chi connectivity index (χ3v) is 7.08. The van der Waals surface area contributed by atoms with Crippen LogP contribution in [0.4, 0.5) is 16.3 Å². The van der Waals surface area contributed by atoms with Crippen molar-refractivity contribution in [2.45, 2.75) is 57.6 Å². The fraction of sp³-hybridized carbons (Fsp3) is 0.480. The zero-order valence-corrected chi connectivity index (χ0v) is 20.0. The van der Waals surface area contributed by atoms with Gasteiger partial charge in [-0.2, -0.15) is 19.6 Å². The molecular weight excluding hydrogens is 447 g/mol. The van der Waals surface area contributed by atoms with Crippen LogP contribution in [0.25, 0.3) is 28.1 Å². The van der Waals surface area contributed by atoms with Crippen LogP contribution in [0.5, 0.6) is 0 Å². The summed E-state index contributed by atoms with van der Waals surface area (Å²) in [7, 11) is 1.78. The topological polar surface area (TPSA) is 93.4 Å². The zero-order chi connectivity index (χ0) is 23.9. The predicted molar refractivity (Wildman–Crippen MR) is 132 cm³/mol. The number of halogens is 1. The van der Waals surface area contributed by atoms with Crippen molar-refractivity contribution >= 4 is 28.6 Å². The number of benzene rings is 1. The molecule has 0 unspecified atom stereocenters. The lowest BCUT2D eigenvalue weighted by molar-refractivity contribution is 0.0681. The molecule has 2 fully saturated rings. The Morgan fingerprint density at radius 2 is 1.77 bits per heavy atom. The highest BCUT2D eigenvalue weighted by Crippen LogP contribution is 2.28. The molecule has 4 heterocycles. The first-order chi connectivity index (χ1) is 17.1. The van der Waals surface area contributed by atoms with Crippen molar-refractivity contribution in [3.63, 3.8) is 0 Å². The molecule has 9 nitrogen and oxygen atoms in total. The third-order valence-electron chi connectivity index (χ3n) is 7.08. The van der Waals surface area contributed by atoms with E-state index < -0.39 is 0 Å². The van der Waals surface area contributed by atoms with E-state index in [0.717, 1.165) is 63.3 Å². The highest BCUT2D eigenvalue weighted by molar-refractivity contribution is 5.78. The Kier molecular flexibility index (Phi) is 5.68. The summed E-state index contributed by atoms with van der Waals surface area (Å²) >= 11 is 0. The SMILES string of the molecule is COC1CCC(Nc2nc(N3CCCC3)nc3cc(-c4nc5cc(F)ccc5nc4C)nn23)CC1. The number of nitrogens with zero attached hydrogens (tertiary/aromatic N) is 7. The molecule has 0 spiro atoms. The molecule has 10 heteroatoms. The summed E-state index contributed by atoms with van der Waals surface area (Å²) in [6, 6.07) is 6.65. The van der Waals surface area contributed by atoms with Crippen LogP contribution in [0.3, 0.4) is 0 Å². The van der Waals surface area contributed by atoms with Crippen molar-refractivity contribution in [2.75, 3.05) is 30.4 Å². The van der Waals surface area contributed by atoms with Crippen molar-refractivity contribution in [1.29, 1.82) is 0 Å². The normalized spacial score (nSPS) is 20.7. The first-order valence-corrected chi connectivity index (χ1v) is 12.3. The van der Waals surface area contributed by atoms with Crippen LogP contribution < -0.4 is 10.2 Å². The van der Waals surface area contributed by atoms with Crippen LogP contribution in [-0.4, -0.2) is 61.9 Å². The van der Waals surface area contributed by atoms with Crippen molar-refractivity contribution in [1.82, 2.24) is 29.5 Å². The number of ether oxygens (including phenoxy) is 1. The van der Waals surface area contributed by atoms with Gasteiger partial charge in [0.25, 0.3) is 0 Å². The first kappa shape index (κ1) is 22.1. The average Bonchev–Trinajstić information content (AvgIpc) is 3.55. The predicted octanol–water partition coefficient (Wildman–Crippen LogP) is 4.15. The van der Waals surface area contributed by atoms with Gasteiger partial charge in [-0.25, -0.2) is 14.4 Å². The highest BCUT2D eigenvalue weighted by Gasteiger charge is 2.24. The summed E-state index contributed by atoms with van der Waals surface area (Å²) in [5.74, 6) is 1.06. The maximum absolute atomic E-state index is 13.8. The first-order valence-electron chi connectivity index (χ1n) is 12.3. The third kappa shape index (κ3) is 4.27. The second kappa shape index (κ2) is 8.99. The molecule has 1 aliphatic carbocycles. The molecule has 0 atom stereocenters. The minimum Gasteiger partial charge on any atom is -0.381 e. The van der Waals surface area contributed by atoms with E-state index in [1.165, 1.54) is 12.1 Å². The number of methoxy groups -OCH3 is 1. The minimum atomic E-state index is -0.340. The van der Waals surface area contributed by atoms with Gasteiger partial charge in [-0.05, 0) is 57.6 Å². The Labute approximate surface area is 202 Å². The van der Waals surface area contributed by atoms with Crippen LogP contribution in [0.2, 0.25) is 0 Å². The lowest BCUT2D eigenvalue weighted by Crippen LogP contribution is -2.31. The molecule has 35 heavy (non-hydrogen) atoms. The number of nitrogens with one attached hydrogen (secondary N) is 1. The molecule has 0 bridgehead atoms. The van der Waals surface area contributed by atoms with Gasteiger partial charge in [0.15, 0.2) is 5.65 Å². The summed E-state index contributed by atoms with van der Waals surface area (Å²) in [5.41, 5.74) is 3.84. The van der Waals surface area contributed by atoms with Gasteiger partial charge in [0.1, 0.15) is 17.2 Å². The Morgan fingerprint density at radius 3 is 2.54 bits per heavy atom. The van der Waals surface area contributed by atoms with Crippen molar-refractivity contribution in [2.24, 2.45) is 0 Å². The van der Waals surface area contributed by atoms with Crippen LogP contribution in [0.1, 0.15) is 44.2 Å². The summed E-state index contributed by atoms with van der Waals surface area (Å²) in [6.45, 7) is 3.80. The fourth-order valence-electron chi connectivity index (χ4n) is 5.13. The van der Waals surface area contributed by atoms with Crippen molar-refractivity contribution in [3.8, 4) is 11.4 Å². The Balaban J connectivity index is 1.41. The van der Waals surface area contributed by atoms with E-state index in [1.807, 2.05) is 13.0 Å². The van der Waals surface area contributed by atoms with E-state index in [4.69, 9.17) is 24.8 Å². The van der Waals surface area contributed by atoms with Gasteiger partial charge in [-0.1, -0.05) is 0 Å². The van der Waals surface area contributed by atoms with Gasteiger partial charge in [-0.3, -0.25) is 0 Å². The van der Waals surface area contributed by atoms with Gasteiger partial charge in [0.2, 0.25) is 11.9 Å². The standard InChI is InChI=1S/C25H29FN8O/c1-15-23(29-20-13-16(26)5-10-19(20)27-15)21-14-22-30-24(33-11-3-4-12-33)31-25(34(22)32-21)28-17-6-8-18(35-2)9-7-17/h5,10,13-14,17-18H,3-4,6-9,11-12H2,1-2H3,(H,28,30,31). The molecule has 1 saturated heterocycles. The van der Waals surface area contributed by atoms with Crippen molar-refractivity contribution < 1.29 is 9.13 Å². The zero-order valence-electron chi connectivity index (χ0n) is 20.0. The molecule has 4 aromatic rings. The van der Waals surface area contributed by atoms with Gasteiger partial charge >= 0.3 is 0 Å². The lowest BCUT2D eigenvalue weighted by atomic mass is 9.93. The monoisotopic (exact) mass is 476 g/mol. The average molecular weight is 477 g/mol. The second-order valence-electron chi connectivity index (χ2n) is 9.49. The molecule has 1 aliphatic heterocycles. The molecule has 3 aromatic heterocycles. The Morgan fingerprint density at radius 1 is 0.971 bits per heavy atom. The summed E-state index contributed by atoms with van der Waals surface area (Å²) in [6.07, 6.45) is 6.68. The molecule has 1 aromatic carbocycles. The minimum absolute atomic E-state index is 0.295. The molecule has 0 amide bonds. The number of aryl methyl sites for hydroxylation is 1. The smallest absolute Gasteiger partial charge is 0.230 e. The maximum atomic E-state index is 13.8. The molecule has 0 radical (unpaired) electrons. The molecule has 1 saturated carbocycles. The van der Waals surface area contributed by atoms with Gasteiger partial charge in [-0.15, -0.1) is 0 Å². The summed E-state index contributed by atoms with van der Waals surface area (Å²) in [5, 5.41) is 8.46. The quantitative estimate of drug-likeness (QED) is 0.459. The van der Waals surface area contributed by atoms with Crippen LogP contribution >= 0.6 is 0 Å². The largest absolute Gasteiger partial charge is 0.381 e. The van der Waals surface area contributed by atoms with Gasteiger partial charge in [0, 0.05) is 38.4 Å². The second-order valence-corrected chi connectivity index (χ2v) is 9.49. The van der Waals surface area contributed by atoms with E-state index in [0.29, 0.717) is 46.2 Å². The van der Waals surface area contributed by atoms with E-state index in [1.54, 1.807) is 17.7 Å². The molecule has 2 aliphatic rings. The number of rotatable bonds is 5. The molecular formula is C25H29FN8O. The molecule has 182 valence electrons. The Hall–Kier alpha value is -3.40. The van der Waals surface area contributed by atoms with Gasteiger partial charge in [0.05, 0.1) is 22.8 Å². The number of anilines is 2. The van der Waals surface area contributed by atoms with Gasteiger partial charge < -0.3 is 15.0 Å². The molecule has 6 rings (SSSR count). The Bertz CT molecular complexity index is 1380. The van der Waals surface area contributed by atoms with Crippen molar-refractivity contribution in [3.05, 3.63) is 35.8 Å². The summed E-state index contributed by atoms with van der Waals surface area (Å²) < 4.78 is 21.1. The fourth-order valence-corrected chi connectivity index (χ4v) is 5.13. The van der Waals surface area contributed by atoms with E-state index in [9.17, 15) is 4.39 Å². The number of fused-ring (bicyclic) bond motifs is 2. The van der Waals surface area contributed by atoms with E-state index >= 15 is 0 Å². The van der Waals surface area contributed by atoms with E-state index in [2.05, 4.69) is 15.2 Å². The highest BCUT2D eigenvalue weighted by atomic mass is 19.1. The lowest BCUT2D eigenvalue weighted by Gasteiger charge is -2.28. The number of hydrogen-bond donors (Lipinski definition) is 1. The van der Waals surface area contributed by atoms with E-state index in [-0.39, 0.29) is 5.82 Å².